The number of nitro groups is 1. The second kappa shape index (κ2) is 6.45. The standard InChI is InChI=1S/C20H13NO3S/c22-21(23)19-12-16-7-3-4-8-17(16)13-20(19)24-25-18-10-9-14-5-1-2-6-15(14)11-18/h1-13H. The van der Waals surface area contributed by atoms with Crippen molar-refractivity contribution < 1.29 is 9.11 Å². The van der Waals surface area contributed by atoms with Crippen molar-refractivity contribution in [3.63, 3.8) is 0 Å². The first-order valence-corrected chi connectivity index (χ1v) is 8.45. The summed E-state index contributed by atoms with van der Waals surface area (Å²) in [5.41, 5.74) is -0.0352. The van der Waals surface area contributed by atoms with Gasteiger partial charge >= 0.3 is 5.69 Å². The monoisotopic (exact) mass is 347 g/mol. The van der Waals surface area contributed by atoms with Gasteiger partial charge in [0.15, 0.2) is 0 Å². The van der Waals surface area contributed by atoms with E-state index in [0.717, 1.165) is 38.5 Å². The zero-order chi connectivity index (χ0) is 17.2. The molecule has 122 valence electrons. The molecule has 4 aromatic carbocycles. The zero-order valence-corrected chi connectivity index (χ0v) is 13.9. The molecule has 0 aromatic heterocycles. The summed E-state index contributed by atoms with van der Waals surface area (Å²) in [4.78, 5) is 11.8. The molecule has 0 bridgehead atoms. The van der Waals surface area contributed by atoms with Crippen LogP contribution in [0.4, 0.5) is 5.69 Å². The van der Waals surface area contributed by atoms with Crippen molar-refractivity contribution in [3.8, 4) is 5.75 Å². The molecule has 25 heavy (non-hydrogen) atoms. The van der Waals surface area contributed by atoms with E-state index in [-0.39, 0.29) is 11.4 Å². The molecule has 0 aliphatic heterocycles. The molecule has 4 aromatic rings. The normalized spacial score (nSPS) is 10.9. The summed E-state index contributed by atoms with van der Waals surface area (Å²) in [7, 11) is 0. The van der Waals surface area contributed by atoms with Gasteiger partial charge in [-0.2, -0.15) is 0 Å². The van der Waals surface area contributed by atoms with Crippen LogP contribution in [0.3, 0.4) is 0 Å². The van der Waals surface area contributed by atoms with Gasteiger partial charge in [-0.1, -0.05) is 54.6 Å². The maximum absolute atomic E-state index is 11.4. The molecule has 0 heterocycles. The Morgan fingerprint density at radius 1 is 0.760 bits per heavy atom. The zero-order valence-electron chi connectivity index (χ0n) is 13.1. The molecule has 0 aliphatic carbocycles. The fourth-order valence-electron chi connectivity index (χ4n) is 2.73. The van der Waals surface area contributed by atoms with E-state index in [4.69, 9.17) is 4.18 Å². The molecule has 0 fully saturated rings. The predicted octanol–water partition coefficient (Wildman–Crippen LogP) is 5.99. The first-order chi connectivity index (χ1) is 12.2. The van der Waals surface area contributed by atoms with E-state index in [9.17, 15) is 10.1 Å². The van der Waals surface area contributed by atoms with Gasteiger partial charge < -0.3 is 4.18 Å². The second-order valence-corrected chi connectivity index (χ2v) is 6.40. The first-order valence-electron chi connectivity index (χ1n) is 7.71. The van der Waals surface area contributed by atoms with Crippen LogP contribution in [-0.2, 0) is 0 Å². The largest absolute Gasteiger partial charge is 0.413 e. The second-order valence-electron chi connectivity index (χ2n) is 5.60. The molecule has 4 rings (SSSR count). The molecule has 0 amide bonds. The number of fused-ring (bicyclic) bond motifs is 2. The maximum Gasteiger partial charge on any atom is 0.313 e. The summed E-state index contributed by atoms with van der Waals surface area (Å²) >= 11 is 1.12. The van der Waals surface area contributed by atoms with E-state index in [1.807, 2.05) is 66.7 Å². The van der Waals surface area contributed by atoms with E-state index < -0.39 is 4.92 Å². The van der Waals surface area contributed by atoms with Gasteiger partial charge in [0, 0.05) is 11.0 Å². The summed E-state index contributed by atoms with van der Waals surface area (Å²) < 4.78 is 5.72. The van der Waals surface area contributed by atoms with Crippen molar-refractivity contribution in [3.05, 3.63) is 89.0 Å². The average molecular weight is 347 g/mol. The van der Waals surface area contributed by atoms with Crippen molar-refractivity contribution in [1.82, 2.24) is 0 Å². The van der Waals surface area contributed by atoms with Gasteiger partial charge in [0.2, 0.25) is 5.75 Å². The molecule has 0 saturated heterocycles. The van der Waals surface area contributed by atoms with Crippen LogP contribution in [-0.4, -0.2) is 4.92 Å². The number of hydrogen-bond acceptors (Lipinski definition) is 4. The third-order valence-electron chi connectivity index (χ3n) is 3.97. The lowest BCUT2D eigenvalue weighted by atomic mass is 10.1. The van der Waals surface area contributed by atoms with Crippen molar-refractivity contribution in [2.45, 2.75) is 4.90 Å². The highest BCUT2D eigenvalue weighted by molar-refractivity contribution is 7.95. The minimum atomic E-state index is -0.414. The van der Waals surface area contributed by atoms with E-state index in [2.05, 4.69) is 0 Å². The van der Waals surface area contributed by atoms with E-state index in [0.29, 0.717) is 0 Å². The van der Waals surface area contributed by atoms with Crippen LogP contribution in [0.2, 0.25) is 0 Å². The van der Waals surface area contributed by atoms with Crippen molar-refractivity contribution in [2.24, 2.45) is 0 Å². The van der Waals surface area contributed by atoms with E-state index >= 15 is 0 Å². The van der Waals surface area contributed by atoms with Crippen LogP contribution in [0.1, 0.15) is 0 Å². The molecule has 0 aliphatic rings. The molecular formula is C20H13NO3S. The van der Waals surface area contributed by atoms with Gasteiger partial charge in [-0.05, 0) is 39.7 Å². The van der Waals surface area contributed by atoms with Gasteiger partial charge in [0.1, 0.15) is 0 Å². The van der Waals surface area contributed by atoms with E-state index in [1.54, 1.807) is 12.1 Å². The topological polar surface area (TPSA) is 52.4 Å². The fraction of sp³-hybridized carbons (Fsp3) is 0. The Labute approximate surface area is 148 Å². The van der Waals surface area contributed by atoms with Crippen molar-refractivity contribution in [2.75, 3.05) is 0 Å². The van der Waals surface area contributed by atoms with Crippen molar-refractivity contribution >= 4 is 39.3 Å². The molecule has 4 nitrogen and oxygen atoms in total. The highest BCUT2D eigenvalue weighted by atomic mass is 32.2. The highest BCUT2D eigenvalue weighted by Gasteiger charge is 2.17. The molecule has 0 spiro atoms. The SMILES string of the molecule is O=[N+]([O-])c1cc2ccccc2cc1OSc1ccc2ccccc2c1. The average Bonchev–Trinajstić information content (AvgIpc) is 2.65. The van der Waals surface area contributed by atoms with Crippen LogP contribution in [0, 0.1) is 10.1 Å². The molecule has 0 atom stereocenters. The third-order valence-corrected chi connectivity index (χ3v) is 4.68. The van der Waals surface area contributed by atoms with Crippen LogP contribution in [0.15, 0.2) is 83.8 Å². The third kappa shape index (κ3) is 3.14. The van der Waals surface area contributed by atoms with E-state index in [1.165, 1.54) is 0 Å². The lowest BCUT2D eigenvalue weighted by Crippen LogP contribution is -1.93. The van der Waals surface area contributed by atoms with Crippen LogP contribution in [0.5, 0.6) is 5.75 Å². The van der Waals surface area contributed by atoms with Gasteiger partial charge in [0.05, 0.1) is 17.0 Å². The smallest absolute Gasteiger partial charge is 0.313 e. The Morgan fingerprint density at radius 3 is 2.04 bits per heavy atom. The number of benzene rings is 4. The van der Waals surface area contributed by atoms with Crippen LogP contribution >= 0.6 is 12.0 Å². The van der Waals surface area contributed by atoms with Gasteiger partial charge in [-0.25, -0.2) is 0 Å². The van der Waals surface area contributed by atoms with Gasteiger partial charge in [-0.3, -0.25) is 10.1 Å². The van der Waals surface area contributed by atoms with Crippen molar-refractivity contribution in [1.29, 1.82) is 0 Å². The summed E-state index contributed by atoms with van der Waals surface area (Å²) in [5.74, 6) is 0.252. The molecule has 0 unspecified atom stereocenters. The number of hydrogen-bond donors (Lipinski definition) is 0. The Balaban J connectivity index is 1.66. The number of nitro benzene ring substituents is 1. The van der Waals surface area contributed by atoms with Gasteiger partial charge in [0.25, 0.3) is 0 Å². The molecular weight excluding hydrogens is 334 g/mol. The van der Waals surface area contributed by atoms with Crippen LogP contribution < -0.4 is 4.18 Å². The lowest BCUT2D eigenvalue weighted by molar-refractivity contribution is -0.385. The minimum Gasteiger partial charge on any atom is -0.413 e. The minimum absolute atomic E-state index is 0.0352. The maximum atomic E-state index is 11.4. The summed E-state index contributed by atoms with van der Waals surface area (Å²) in [6.07, 6.45) is 0. The fourth-order valence-corrected chi connectivity index (χ4v) is 3.35. The van der Waals surface area contributed by atoms with Gasteiger partial charge in [-0.15, -0.1) is 0 Å². The molecule has 0 N–H and O–H groups in total. The first kappa shape index (κ1) is 15.5. The number of nitrogens with zero attached hydrogens (tertiary/aromatic N) is 1. The quantitative estimate of drug-likeness (QED) is 0.258. The summed E-state index contributed by atoms with van der Waals surface area (Å²) in [6, 6.07) is 24.8. The molecule has 0 radical (unpaired) electrons. The molecule has 0 saturated carbocycles. The Hall–Kier alpha value is -3.05. The van der Waals surface area contributed by atoms with Crippen LogP contribution in [0.25, 0.3) is 21.5 Å². The predicted molar refractivity (Wildman–Crippen MR) is 101 cm³/mol. The molecule has 5 heteroatoms. The Morgan fingerprint density at radius 2 is 1.36 bits per heavy atom. The Kier molecular flexibility index (Phi) is 3.99. The Bertz CT molecular complexity index is 1090. The summed E-state index contributed by atoms with van der Waals surface area (Å²) in [5, 5.41) is 15.3. The lowest BCUT2D eigenvalue weighted by Gasteiger charge is -2.07. The highest BCUT2D eigenvalue weighted by Crippen LogP contribution is 2.36. The number of rotatable bonds is 4. The summed E-state index contributed by atoms with van der Waals surface area (Å²) in [6.45, 7) is 0.